The Morgan fingerprint density at radius 1 is 1.35 bits per heavy atom. The van der Waals surface area contributed by atoms with Crippen molar-refractivity contribution in [2.75, 3.05) is 19.6 Å². The van der Waals surface area contributed by atoms with Crippen molar-refractivity contribution >= 4 is 21.4 Å². The molecule has 2 rings (SSSR count). The summed E-state index contributed by atoms with van der Waals surface area (Å²) in [6.45, 7) is 5.02. The molecule has 1 aliphatic rings. The SMILES string of the molecule is CCNCc1ccc(S(=O)(=O)N2CCCC2)s1. The fourth-order valence-electron chi connectivity index (χ4n) is 1.90. The average Bonchev–Trinajstić information content (AvgIpc) is 2.97. The van der Waals surface area contributed by atoms with Gasteiger partial charge in [0.2, 0.25) is 0 Å². The fourth-order valence-corrected chi connectivity index (χ4v) is 4.89. The van der Waals surface area contributed by atoms with E-state index >= 15 is 0 Å². The Balaban J connectivity index is 2.13. The molecule has 4 nitrogen and oxygen atoms in total. The number of hydrogen-bond donors (Lipinski definition) is 1. The molecule has 1 fully saturated rings. The molecule has 1 aromatic rings. The van der Waals surface area contributed by atoms with Crippen LogP contribution in [-0.2, 0) is 16.6 Å². The zero-order valence-corrected chi connectivity index (χ0v) is 11.6. The highest BCUT2D eigenvalue weighted by Crippen LogP contribution is 2.27. The topological polar surface area (TPSA) is 49.4 Å². The van der Waals surface area contributed by atoms with Crippen molar-refractivity contribution in [3.8, 4) is 0 Å². The normalized spacial score (nSPS) is 17.7. The molecule has 96 valence electrons. The van der Waals surface area contributed by atoms with E-state index in [2.05, 4.69) is 5.32 Å². The standard InChI is InChI=1S/C11H18N2O2S2/c1-2-12-9-10-5-6-11(16-10)17(14,15)13-7-3-4-8-13/h5-6,12H,2-4,7-9H2,1H3. The second-order valence-electron chi connectivity index (χ2n) is 4.11. The third kappa shape index (κ3) is 2.88. The van der Waals surface area contributed by atoms with Crippen LogP contribution in [0, 0.1) is 0 Å². The Morgan fingerprint density at radius 2 is 2.06 bits per heavy atom. The van der Waals surface area contributed by atoms with Crippen LogP contribution in [0.15, 0.2) is 16.3 Å². The second kappa shape index (κ2) is 5.48. The van der Waals surface area contributed by atoms with Gasteiger partial charge < -0.3 is 5.32 Å². The van der Waals surface area contributed by atoms with Gasteiger partial charge in [-0.15, -0.1) is 11.3 Å². The molecule has 1 N–H and O–H groups in total. The molecule has 0 radical (unpaired) electrons. The van der Waals surface area contributed by atoms with Crippen molar-refractivity contribution in [3.63, 3.8) is 0 Å². The maximum atomic E-state index is 12.2. The van der Waals surface area contributed by atoms with Gasteiger partial charge >= 0.3 is 0 Å². The summed E-state index contributed by atoms with van der Waals surface area (Å²) in [5.41, 5.74) is 0. The lowest BCUT2D eigenvalue weighted by atomic mass is 10.4. The molecule has 0 amide bonds. The van der Waals surface area contributed by atoms with Crippen molar-refractivity contribution in [2.24, 2.45) is 0 Å². The quantitative estimate of drug-likeness (QED) is 0.888. The van der Waals surface area contributed by atoms with Gasteiger partial charge in [0.1, 0.15) is 4.21 Å². The Hall–Kier alpha value is -0.430. The molecule has 0 unspecified atom stereocenters. The first-order chi connectivity index (χ1) is 8.14. The molecule has 0 aliphatic carbocycles. The molecule has 6 heteroatoms. The minimum Gasteiger partial charge on any atom is -0.312 e. The van der Waals surface area contributed by atoms with Crippen LogP contribution in [0.5, 0.6) is 0 Å². The molecule has 0 saturated carbocycles. The van der Waals surface area contributed by atoms with E-state index in [1.807, 2.05) is 13.0 Å². The van der Waals surface area contributed by atoms with E-state index in [4.69, 9.17) is 0 Å². The van der Waals surface area contributed by atoms with Crippen molar-refractivity contribution in [2.45, 2.75) is 30.5 Å². The molecule has 2 heterocycles. The third-order valence-electron chi connectivity index (χ3n) is 2.85. The van der Waals surface area contributed by atoms with Gasteiger partial charge in [-0.2, -0.15) is 4.31 Å². The highest BCUT2D eigenvalue weighted by Gasteiger charge is 2.28. The molecule has 0 spiro atoms. The summed E-state index contributed by atoms with van der Waals surface area (Å²) in [6, 6.07) is 3.63. The Labute approximate surface area is 107 Å². The smallest absolute Gasteiger partial charge is 0.252 e. The van der Waals surface area contributed by atoms with Gasteiger partial charge in [0.05, 0.1) is 0 Å². The molecular weight excluding hydrogens is 256 g/mol. The number of thiophene rings is 1. The van der Waals surface area contributed by atoms with Crippen LogP contribution in [0.4, 0.5) is 0 Å². The van der Waals surface area contributed by atoms with Crippen LogP contribution in [0.2, 0.25) is 0 Å². The zero-order chi connectivity index (χ0) is 12.3. The van der Waals surface area contributed by atoms with Gasteiger partial charge in [-0.25, -0.2) is 8.42 Å². The van der Waals surface area contributed by atoms with Crippen LogP contribution >= 0.6 is 11.3 Å². The molecule has 0 bridgehead atoms. The highest BCUT2D eigenvalue weighted by molar-refractivity contribution is 7.91. The second-order valence-corrected chi connectivity index (χ2v) is 7.45. The minimum atomic E-state index is -3.22. The average molecular weight is 274 g/mol. The number of hydrogen-bond acceptors (Lipinski definition) is 4. The lowest BCUT2D eigenvalue weighted by molar-refractivity contribution is 0.479. The summed E-state index contributed by atoms with van der Waals surface area (Å²) in [5.74, 6) is 0. The first kappa shape index (κ1) is 13.0. The van der Waals surface area contributed by atoms with Gasteiger partial charge in [0.15, 0.2) is 0 Å². The molecule has 17 heavy (non-hydrogen) atoms. The maximum Gasteiger partial charge on any atom is 0.252 e. The molecule has 0 aromatic carbocycles. The van der Waals surface area contributed by atoms with Crippen molar-refractivity contribution in [1.29, 1.82) is 0 Å². The lowest BCUT2D eigenvalue weighted by Crippen LogP contribution is -2.27. The summed E-state index contributed by atoms with van der Waals surface area (Å²) in [5, 5.41) is 3.20. The van der Waals surface area contributed by atoms with Crippen molar-refractivity contribution in [1.82, 2.24) is 9.62 Å². The van der Waals surface area contributed by atoms with E-state index in [0.29, 0.717) is 17.3 Å². The minimum absolute atomic E-state index is 0.479. The zero-order valence-electron chi connectivity index (χ0n) is 9.98. The van der Waals surface area contributed by atoms with Crippen LogP contribution in [0.1, 0.15) is 24.6 Å². The van der Waals surface area contributed by atoms with Gasteiger partial charge in [-0.1, -0.05) is 6.92 Å². The van der Waals surface area contributed by atoms with E-state index in [-0.39, 0.29) is 0 Å². The molecule has 1 aromatic heterocycles. The summed E-state index contributed by atoms with van der Waals surface area (Å²) in [6.07, 6.45) is 1.96. The highest BCUT2D eigenvalue weighted by atomic mass is 32.2. The Bertz CT molecular complexity index is 462. The van der Waals surface area contributed by atoms with Gasteiger partial charge in [0.25, 0.3) is 10.0 Å². The summed E-state index contributed by atoms with van der Waals surface area (Å²) in [4.78, 5) is 1.07. The summed E-state index contributed by atoms with van der Waals surface area (Å²) in [7, 11) is -3.22. The monoisotopic (exact) mass is 274 g/mol. The van der Waals surface area contributed by atoms with Crippen LogP contribution < -0.4 is 5.32 Å². The van der Waals surface area contributed by atoms with E-state index in [1.165, 1.54) is 11.3 Å². The van der Waals surface area contributed by atoms with Crippen molar-refractivity contribution < 1.29 is 8.42 Å². The molecule has 0 atom stereocenters. The predicted molar refractivity (Wildman–Crippen MR) is 69.7 cm³/mol. The number of sulfonamides is 1. The molecule has 1 aliphatic heterocycles. The largest absolute Gasteiger partial charge is 0.312 e. The molecule has 1 saturated heterocycles. The first-order valence-electron chi connectivity index (χ1n) is 5.94. The van der Waals surface area contributed by atoms with Crippen LogP contribution in [0.25, 0.3) is 0 Å². The van der Waals surface area contributed by atoms with E-state index in [9.17, 15) is 8.42 Å². The van der Waals surface area contributed by atoms with Gasteiger partial charge in [-0.05, 0) is 31.5 Å². The summed E-state index contributed by atoms with van der Waals surface area (Å²) < 4.78 is 26.5. The predicted octanol–water partition coefficient (Wildman–Crippen LogP) is 1.64. The third-order valence-corrected chi connectivity index (χ3v) is 6.30. The van der Waals surface area contributed by atoms with Crippen molar-refractivity contribution in [3.05, 3.63) is 17.0 Å². The lowest BCUT2D eigenvalue weighted by Gasteiger charge is -2.13. The number of nitrogens with zero attached hydrogens (tertiary/aromatic N) is 1. The number of nitrogens with one attached hydrogen (secondary N) is 1. The van der Waals surface area contributed by atoms with Gasteiger partial charge in [-0.3, -0.25) is 0 Å². The summed E-state index contributed by atoms with van der Waals surface area (Å²) >= 11 is 1.37. The Kier molecular flexibility index (Phi) is 4.19. The number of rotatable bonds is 5. The van der Waals surface area contributed by atoms with Crippen LogP contribution in [-0.4, -0.2) is 32.4 Å². The molecular formula is C11H18N2O2S2. The fraction of sp³-hybridized carbons (Fsp3) is 0.636. The van der Waals surface area contributed by atoms with Gasteiger partial charge in [0, 0.05) is 24.5 Å². The Morgan fingerprint density at radius 3 is 2.71 bits per heavy atom. The van der Waals surface area contributed by atoms with Crippen LogP contribution in [0.3, 0.4) is 0 Å². The first-order valence-corrected chi connectivity index (χ1v) is 8.20. The van der Waals surface area contributed by atoms with E-state index in [0.717, 1.165) is 30.8 Å². The van der Waals surface area contributed by atoms with E-state index < -0.39 is 10.0 Å². The maximum absolute atomic E-state index is 12.2. The van der Waals surface area contributed by atoms with E-state index in [1.54, 1.807) is 10.4 Å².